The lowest BCUT2D eigenvalue weighted by atomic mass is 10.3. The lowest BCUT2D eigenvalue weighted by molar-refractivity contribution is 0.379. The number of guanidine groups is 1. The number of benzene rings is 1. The molecule has 0 bridgehead atoms. The van der Waals surface area contributed by atoms with Crippen molar-refractivity contribution in [1.82, 2.24) is 15.8 Å². The molecule has 0 atom stereocenters. The fourth-order valence-corrected chi connectivity index (χ4v) is 2.74. The van der Waals surface area contributed by atoms with Crippen molar-refractivity contribution >= 4 is 41.7 Å². The third kappa shape index (κ3) is 7.57. The van der Waals surface area contributed by atoms with Crippen LogP contribution in [0, 0.1) is 0 Å². The lowest BCUT2D eigenvalue weighted by Gasteiger charge is -2.10. The number of hydrogen-bond donors (Lipinski definition) is 2. The van der Waals surface area contributed by atoms with Crippen molar-refractivity contribution in [3.63, 3.8) is 0 Å². The Balaban J connectivity index is 0.00000288. The number of aliphatic imine (C=N–C) groups is 1. The van der Waals surface area contributed by atoms with Gasteiger partial charge in [-0.2, -0.15) is 0 Å². The van der Waals surface area contributed by atoms with Crippen LogP contribution in [0.4, 0.5) is 0 Å². The molecule has 7 heteroatoms. The minimum Gasteiger partial charge on any atom is -0.359 e. The summed E-state index contributed by atoms with van der Waals surface area (Å²) in [5.74, 6) is 2.57. The summed E-state index contributed by atoms with van der Waals surface area (Å²) in [7, 11) is 0. The van der Waals surface area contributed by atoms with Crippen LogP contribution in [0.5, 0.6) is 0 Å². The van der Waals surface area contributed by atoms with E-state index in [0.717, 1.165) is 42.7 Å². The second-order valence-electron chi connectivity index (χ2n) is 4.92. The number of aromatic nitrogens is 1. The van der Waals surface area contributed by atoms with Gasteiger partial charge in [0, 0.05) is 29.8 Å². The molecule has 0 aliphatic heterocycles. The third-order valence-electron chi connectivity index (χ3n) is 3.11. The number of nitrogens with one attached hydrogen (secondary N) is 2. The van der Waals surface area contributed by atoms with Crippen LogP contribution in [0.25, 0.3) is 0 Å². The van der Waals surface area contributed by atoms with Gasteiger partial charge in [-0.05, 0) is 25.5 Å². The van der Waals surface area contributed by atoms with E-state index in [1.807, 2.05) is 23.9 Å². The maximum atomic E-state index is 5.25. The Morgan fingerprint density at radius 1 is 1.21 bits per heavy atom. The number of nitrogens with zero attached hydrogens (tertiary/aromatic N) is 2. The summed E-state index contributed by atoms with van der Waals surface area (Å²) in [6.07, 6.45) is 0.877. The smallest absolute Gasteiger partial charge is 0.191 e. The van der Waals surface area contributed by atoms with Crippen molar-refractivity contribution in [1.29, 1.82) is 0 Å². The minimum atomic E-state index is 0. The Bertz CT molecular complexity index is 604. The molecule has 0 aliphatic carbocycles. The topological polar surface area (TPSA) is 62.5 Å². The molecule has 0 fully saturated rings. The summed E-state index contributed by atoms with van der Waals surface area (Å²) in [5.41, 5.74) is 0.965. The lowest BCUT2D eigenvalue weighted by Crippen LogP contribution is -2.38. The number of thioether (sulfide) groups is 1. The largest absolute Gasteiger partial charge is 0.359 e. The van der Waals surface area contributed by atoms with E-state index in [9.17, 15) is 0 Å². The summed E-state index contributed by atoms with van der Waals surface area (Å²) in [4.78, 5) is 5.81. The van der Waals surface area contributed by atoms with Crippen molar-refractivity contribution in [2.75, 3.05) is 18.8 Å². The molecule has 1 heterocycles. The van der Waals surface area contributed by atoms with Gasteiger partial charge < -0.3 is 15.2 Å². The van der Waals surface area contributed by atoms with Crippen LogP contribution in [0.1, 0.15) is 25.3 Å². The van der Waals surface area contributed by atoms with E-state index in [4.69, 9.17) is 4.52 Å². The normalized spacial score (nSPS) is 11.0. The van der Waals surface area contributed by atoms with Gasteiger partial charge in [0.1, 0.15) is 6.54 Å². The fraction of sp³-hybridized carbons (Fsp3) is 0.412. The highest BCUT2D eigenvalue weighted by Crippen LogP contribution is 2.15. The van der Waals surface area contributed by atoms with Crippen molar-refractivity contribution in [2.24, 2.45) is 4.99 Å². The van der Waals surface area contributed by atoms with Gasteiger partial charge in [-0.15, -0.1) is 35.7 Å². The van der Waals surface area contributed by atoms with Gasteiger partial charge in [-0.3, -0.25) is 0 Å². The highest BCUT2D eigenvalue weighted by Gasteiger charge is 2.03. The van der Waals surface area contributed by atoms with E-state index < -0.39 is 0 Å². The predicted octanol–water partition coefficient (Wildman–Crippen LogP) is 3.70. The highest BCUT2D eigenvalue weighted by atomic mass is 127. The Kier molecular flexibility index (Phi) is 10.6. The van der Waals surface area contributed by atoms with Gasteiger partial charge in [-0.1, -0.05) is 30.3 Å². The zero-order valence-electron chi connectivity index (χ0n) is 14.1. The standard InChI is InChI=1S/C17H24N4OS.HI/c1-3-14-12-15(22-21-14)13-20-17(18-4-2)19-10-11-23-16-8-6-5-7-9-16;/h5-9,12H,3-4,10-11,13H2,1-2H3,(H2,18,19,20);1H. The molecular weight excluding hydrogens is 435 g/mol. The van der Waals surface area contributed by atoms with Crippen molar-refractivity contribution in [3.05, 3.63) is 47.9 Å². The Morgan fingerprint density at radius 3 is 2.67 bits per heavy atom. The van der Waals surface area contributed by atoms with Crippen LogP contribution >= 0.6 is 35.7 Å². The highest BCUT2D eigenvalue weighted by molar-refractivity contribution is 14.0. The zero-order chi connectivity index (χ0) is 16.3. The summed E-state index contributed by atoms with van der Waals surface area (Å²) < 4.78 is 5.25. The summed E-state index contributed by atoms with van der Waals surface area (Å²) in [5, 5.41) is 10.6. The summed E-state index contributed by atoms with van der Waals surface area (Å²) in [6, 6.07) is 12.4. The van der Waals surface area contributed by atoms with E-state index >= 15 is 0 Å². The van der Waals surface area contributed by atoms with Crippen LogP contribution in [-0.4, -0.2) is 30.0 Å². The second kappa shape index (κ2) is 12.2. The zero-order valence-corrected chi connectivity index (χ0v) is 17.3. The van der Waals surface area contributed by atoms with Gasteiger partial charge in [0.2, 0.25) is 0 Å². The molecule has 2 N–H and O–H groups in total. The number of rotatable bonds is 8. The molecule has 2 aromatic rings. The molecule has 0 aliphatic rings. The first-order chi connectivity index (χ1) is 11.3. The molecule has 0 radical (unpaired) electrons. The predicted molar refractivity (Wildman–Crippen MR) is 111 cm³/mol. The van der Waals surface area contributed by atoms with Crippen molar-refractivity contribution < 1.29 is 4.52 Å². The minimum absolute atomic E-state index is 0. The fourth-order valence-electron chi connectivity index (χ4n) is 1.95. The molecular formula is C17H25IN4OS. The first-order valence-electron chi connectivity index (χ1n) is 7.96. The molecule has 0 spiro atoms. The molecule has 1 aromatic heterocycles. The van der Waals surface area contributed by atoms with E-state index in [-0.39, 0.29) is 24.0 Å². The van der Waals surface area contributed by atoms with Crippen LogP contribution in [0.2, 0.25) is 0 Å². The molecule has 5 nitrogen and oxygen atoms in total. The number of aryl methyl sites for hydroxylation is 1. The number of halogens is 1. The Labute approximate surface area is 165 Å². The average molecular weight is 460 g/mol. The molecule has 0 saturated heterocycles. The molecule has 0 unspecified atom stereocenters. The van der Waals surface area contributed by atoms with E-state index in [0.29, 0.717) is 6.54 Å². The molecule has 24 heavy (non-hydrogen) atoms. The maximum absolute atomic E-state index is 5.25. The third-order valence-corrected chi connectivity index (χ3v) is 4.13. The van der Waals surface area contributed by atoms with Gasteiger partial charge in [0.15, 0.2) is 11.7 Å². The van der Waals surface area contributed by atoms with Gasteiger partial charge in [0.25, 0.3) is 0 Å². The first-order valence-corrected chi connectivity index (χ1v) is 8.94. The van der Waals surface area contributed by atoms with E-state index in [1.165, 1.54) is 4.90 Å². The first kappa shape index (κ1) is 20.8. The Hall–Kier alpha value is -1.22. The van der Waals surface area contributed by atoms with Gasteiger partial charge >= 0.3 is 0 Å². The van der Waals surface area contributed by atoms with E-state index in [2.05, 4.69) is 58.9 Å². The van der Waals surface area contributed by atoms with Crippen LogP contribution in [-0.2, 0) is 13.0 Å². The van der Waals surface area contributed by atoms with Gasteiger partial charge in [-0.25, -0.2) is 4.99 Å². The van der Waals surface area contributed by atoms with Crippen LogP contribution < -0.4 is 10.6 Å². The maximum Gasteiger partial charge on any atom is 0.191 e. The molecule has 132 valence electrons. The Morgan fingerprint density at radius 2 is 2.00 bits per heavy atom. The SMILES string of the molecule is CCNC(=NCc1cc(CC)no1)NCCSc1ccccc1.I. The van der Waals surface area contributed by atoms with Gasteiger partial charge in [0.05, 0.1) is 5.69 Å². The summed E-state index contributed by atoms with van der Waals surface area (Å²) >= 11 is 1.83. The monoisotopic (exact) mass is 460 g/mol. The van der Waals surface area contributed by atoms with Crippen molar-refractivity contribution in [2.45, 2.75) is 31.7 Å². The molecule has 0 saturated carbocycles. The quantitative estimate of drug-likeness (QED) is 0.207. The number of hydrogen-bond acceptors (Lipinski definition) is 4. The molecule has 2 rings (SSSR count). The summed E-state index contributed by atoms with van der Waals surface area (Å²) in [6.45, 7) is 6.28. The van der Waals surface area contributed by atoms with E-state index in [1.54, 1.807) is 0 Å². The van der Waals surface area contributed by atoms with Crippen LogP contribution in [0.15, 0.2) is 50.8 Å². The molecule has 0 amide bonds. The van der Waals surface area contributed by atoms with Crippen molar-refractivity contribution in [3.8, 4) is 0 Å². The molecule has 1 aromatic carbocycles. The average Bonchev–Trinajstić information content (AvgIpc) is 3.05. The second-order valence-corrected chi connectivity index (χ2v) is 6.09. The van der Waals surface area contributed by atoms with Crippen LogP contribution in [0.3, 0.4) is 0 Å².